The van der Waals surface area contributed by atoms with E-state index < -0.39 is 12.0 Å². The van der Waals surface area contributed by atoms with Crippen molar-refractivity contribution in [2.24, 2.45) is 5.73 Å². The van der Waals surface area contributed by atoms with Crippen LogP contribution < -0.4 is 15.2 Å². The van der Waals surface area contributed by atoms with Crippen LogP contribution in [0.25, 0.3) is 0 Å². The Kier molecular flexibility index (Phi) is 5.17. The molecule has 98 valence electrons. The van der Waals surface area contributed by atoms with Gasteiger partial charge in [0.05, 0.1) is 12.2 Å². The van der Waals surface area contributed by atoms with Gasteiger partial charge in [-0.2, -0.15) is 0 Å². The van der Waals surface area contributed by atoms with Crippen molar-refractivity contribution in [3.05, 3.63) is 23.8 Å². The molecule has 0 fully saturated rings. The van der Waals surface area contributed by atoms with E-state index in [1.165, 1.54) is 0 Å². The quantitative estimate of drug-likeness (QED) is 0.745. The van der Waals surface area contributed by atoms with Crippen molar-refractivity contribution in [1.29, 1.82) is 0 Å². The van der Waals surface area contributed by atoms with E-state index in [1.54, 1.807) is 25.1 Å². The fourth-order valence-corrected chi connectivity index (χ4v) is 1.51. The first-order valence-corrected chi connectivity index (χ1v) is 5.80. The Hall–Kier alpha value is -2.04. The Labute approximate surface area is 106 Å². The van der Waals surface area contributed by atoms with Gasteiger partial charge in [0.25, 0.3) is 5.91 Å². The average molecular weight is 251 g/mol. The van der Waals surface area contributed by atoms with Crippen LogP contribution in [0.15, 0.2) is 18.2 Å². The second-order valence-electron chi connectivity index (χ2n) is 3.64. The maximum absolute atomic E-state index is 11.2. The zero-order valence-corrected chi connectivity index (χ0v) is 10.5. The van der Waals surface area contributed by atoms with Gasteiger partial charge < -0.3 is 15.2 Å². The molecule has 0 aliphatic carbocycles. The molecule has 0 saturated heterocycles. The van der Waals surface area contributed by atoms with Gasteiger partial charge in [-0.1, -0.05) is 13.0 Å². The van der Waals surface area contributed by atoms with Gasteiger partial charge in [-0.25, -0.2) is 0 Å². The Morgan fingerprint density at radius 2 is 2.17 bits per heavy atom. The third-order valence-corrected chi connectivity index (χ3v) is 2.38. The number of hydrogen-bond donors (Lipinski definition) is 1. The zero-order chi connectivity index (χ0) is 13.5. The molecule has 0 saturated carbocycles. The minimum Gasteiger partial charge on any atom is -0.490 e. The molecule has 0 bridgehead atoms. The van der Waals surface area contributed by atoms with Gasteiger partial charge in [0.15, 0.2) is 23.9 Å². The molecule has 0 spiro atoms. The predicted octanol–water partition coefficient (Wildman–Crippen LogP) is 1.54. The highest BCUT2D eigenvalue weighted by atomic mass is 16.5. The predicted molar refractivity (Wildman–Crippen MR) is 66.9 cm³/mol. The highest BCUT2D eigenvalue weighted by molar-refractivity contribution is 5.83. The number of benzene rings is 1. The summed E-state index contributed by atoms with van der Waals surface area (Å²) in [6.07, 6.45) is 0.310. The third-order valence-electron chi connectivity index (χ3n) is 2.38. The molecule has 0 heterocycles. The molecule has 0 aromatic heterocycles. The van der Waals surface area contributed by atoms with E-state index >= 15 is 0 Å². The Balaban J connectivity index is 3.10. The number of amides is 1. The maximum atomic E-state index is 11.2. The number of aldehydes is 1. The van der Waals surface area contributed by atoms with Crippen LogP contribution in [-0.4, -0.2) is 24.9 Å². The Bertz CT molecular complexity index is 431. The van der Waals surface area contributed by atoms with Crippen LogP contribution >= 0.6 is 0 Å². The van der Waals surface area contributed by atoms with Gasteiger partial charge in [0.1, 0.15) is 0 Å². The molecular formula is C13H17NO4. The molecule has 1 amide bonds. The largest absolute Gasteiger partial charge is 0.490 e. The van der Waals surface area contributed by atoms with Crippen molar-refractivity contribution < 1.29 is 19.1 Å². The molecule has 5 heteroatoms. The number of hydrogen-bond acceptors (Lipinski definition) is 4. The van der Waals surface area contributed by atoms with E-state index in [-0.39, 0.29) is 5.75 Å². The smallest absolute Gasteiger partial charge is 0.258 e. The summed E-state index contributed by atoms with van der Waals surface area (Å²) in [6.45, 7) is 4.04. The van der Waals surface area contributed by atoms with Crippen LogP contribution in [0.5, 0.6) is 11.5 Å². The molecule has 0 radical (unpaired) electrons. The van der Waals surface area contributed by atoms with Gasteiger partial charge in [-0.3, -0.25) is 9.59 Å². The molecule has 2 N–H and O–H groups in total. The van der Waals surface area contributed by atoms with Crippen molar-refractivity contribution in [3.8, 4) is 11.5 Å². The van der Waals surface area contributed by atoms with E-state index in [1.807, 2.05) is 6.92 Å². The topological polar surface area (TPSA) is 78.6 Å². The molecular weight excluding hydrogens is 234 g/mol. The number of rotatable bonds is 7. The molecule has 18 heavy (non-hydrogen) atoms. The van der Waals surface area contributed by atoms with Crippen LogP contribution in [0, 0.1) is 0 Å². The summed E-state index contributed by atoms with van der Waals surface area (Å²) in [6, 6.07) is 4.96. The van der Waals surface area contributed by atoms with E-state index in [0.717, 1.165) is 0 Å². The molecule has 5 nitrogen and oxygen atoms in total. The lowest BCUT2D eigenvalue weighted by Gasteiger charge is -2.18. The second kappa shape index (κ2) is 6.64. The monoisotopic (exact) mass is 251 g/mol. The number of para-hydroxylation sites is 1. The summed E-state index contributed by atoms with van der Waals surface area (Å²) >= 11 is 0. The lowest BCUT2D eigenvalue weighted by molar-refractivity contribution is -0.124. The third kappa shape index (κ3) is 3.23. The fraction of sp³-hybridized carbons (Fsp3) is 0.385. The summed E-state index contributed by atoms with van der Waals surface area (Å²) in [7, 11) is 0. The van der Waals surface area contributed by atoms with E-state index in [0.29, 0.717) is 30.6 Å². The molecule has 1 unspecified atom stereocenters. The van der Waals surface area contributed by atoms with Crippen LogP contribution in [0.3, 0.4) is 0 Å². The molecule has 1 atom stereocenters. The zero-order valence-electron chi connectivity index (χ0n) is 10.5. The lowest BCUT2D eigenvalue weighted by Crippen LogP contribution is -2.33. The van der Waals surface area contributed by atoms with E-state index in [9.17, 15) is 9.59 Å². The number of carbonyl (C=O) groups excluding carboxylic acids is 2. The Morgan fingerprint density at radius 3 is 2.67 bits per heavy atom. The number of nitrogens with two attached hydrogens (primary N) is 1. The SMILES string of the molecule is CCOc1cccc(C=O)c1OC(CC)C(N)=O. The van der Waals surface area contributed by atoms with Gasteiger partial charge in [0.2, 0.25) is 0 Å². The molecule has 0 aliphatic rings. The van der Waals surface area contributed by atoms with E-state index in [2.05, 4.69) is 0 Å². The molecule has 1 aromatic carbocycles. The Morgan fingerprint density at radius 1 is 1.44 bits per heavy atom. The first kappa shape index (κ1) is 14.0. The maximum Gasteiger partial charge on any atom is 0.258 e. The first-order chi connectivity index (χ1) is 8.63. The van der Waals surface area contributed by atoms with Crippen LogP contribution in [0.2, 0.25) is 0 Å². The van der Waals surface area contributed by atoms with Crippen LogP contribution in [-0.2, 0) is 4.79 Å². The van der Waals surface area contributed by atoms with E-state index in [4.69, 9.17) is 15.2 Å². The standard InChI is InChI=1S/C13H17NO4/c1-3-10(13(14)16)18-12-9(8-15)6-5-7-11(12)17-4-2/h5-8,10H,3-4H2,1-2H3,(H2,14,16). The number of ether oxygens (including phenoxy) is 2. The number of primary amides is 1. The van der Waals surface area contributed by atoms with Gasteiger partial charge >= 0.3 is 0 Å². The number of carbonyl (C=O) groups is 2. The highest BCUT2D eigenvalue weighted by Gasteiger charge is 2.19. The van der Waals surface area contributed by atoms with Crippen molar-refractivity contribution >= 4 is 12.2 Å². The average Bonchev–Trinajstić information content (AvgIpc) is 2.36. The normalized spacial score (nSPS) is 11.7. The van der Waals surface area contributed by atoms with Gasteiger partial charge in [0, 0.05) is 0 Å². The van der Waals surface area contributed by atoms with Crippen molar-refractivity contribution in [3.63, 3.8) is 0 Å². The summed E-state index contributed by atoms with van der Waals surface area (Å²) < 4.78 is 10.9. The molecule has 0 aliphatic heterocycles. The molecule has 1 rings (SSSR count). The summed E-state index contributed by atoms with van der Waals surface area (Å²) in [4.78, 5) is 22.1. The van der Waals surface area contributed by atoms with Crippen molar-refractivity contribution in [1.82, 2.24) is 0 Å². The highest BCUT2D eigenvalue weighted by Crippen LogP contribution is 2.31. The van der Waals surface area contributed by atoms with Crippen LogP contribution in [0.1, 0.15) is 30.6 Å². The second-order valence-corrected chi connectivity index (χ2v) is 3.64. The fourth-order valence-electron chi connectivity index (χ4n) is 1.51. The summed E-state index contributed by atoms with van der Waals surface area (Å²) in [5, 5.41) is 0. The minimum atomic E-state index is -0.773. The molecule has 1 aromatic rings. The minimum absolute atomic E-state index is 0.264. The lowest BCUT2D eigenvalue weighted by atomic mass is 10.2. The van der Waals surface area contributed by atoms with Gasteiger partial charge in [-0.05, 0) is 25.5 Å². The van der Waals surface area contributed by atoms with Gasteiger partial charge in [-0.15, -0.1) is 0 Å². The first-order valence-electron chi connectivity index (χ1n) is 5.80. The summed E-state index contributed by atoms with van der Waals surface area (Å²) in [5.74, 6) is 0.127. The van der Waals surface area contributed by atoms with Crippen molar-refractivity contribution in [2.45, 2.75) is 26.4 Å². The summed E-state index contributed by atoms with van der Waals surface area (Å²) in [5.41, 5.74) is 5.55. The van der Waals surface area contributed by atoms with Crippen LogP contribution in [0.4, 0.5) is 0 Å². The van der Waals surface area contributed by atoms with Crippen molar-refractivity contribution in [2.75, 3.05) is 6.61 Å².